The summed E-state index contributed by atoms with van der Waals surface area (Å²) in [5.41, 5.74) is -0.647. The van der Waals surface area contributed by atoms with Crippen molar-refractivity contribution in [1.29, 1.82) is 0 Å². The minimum Gasteiger partial charge on any atom is -0.465 e. The molecule has 0 radical (unpaired) electrons. The monoisotopic (exact) mass is 288 g/mol. The van der Waals surface area contributed by atoms with Crippen molar-refractivity contribution in [2.24, 2.45) is 0 Å². The predicted octanol–water partition coefficient (Wildman–Crippen LogP) is 1.72. The number of amides is 2. The molecule has 1 heterocycles. The highest BCUT2D eigenvalue weighted by atomic mass is 16.3. The second-order valence-corrected chi connectivity index (χ2v) is 4.55. The summed E-state index contributed by atoms with van der Waals surface area (Å²) in [6, 6.07) is 3.44. The van der Waals surface area contributed by atoms with Gasteiger partial charge in [0.15, 0.2) is 0 Å². The van der Waals surface area contributed by atoms with Gasteiger partial charge in [0, 0.05) is 6.08 Å². The van der Waals surface area contributed by atoms with E-state index in [-0.39, 0.29) is 18.4 Å². The fourth-order valence-corrected chi connectivity index (χ4v) is 1.75. The van der Waals surface area contributed by atoms with Crippen LogP contribution in [0.4, 0.5) is 0 Å². The van der Waals surface area contributed by atoms with E-state index in [1.54, 1.807) is 12.1 Å². The maximum Gasteiger partial charge on any atom is 0.244 e. The van der Waals surface area contributed by atoms with Crippen LogP contribution in [0.1, 0.15) is 32.4 Å². The SMILES string of the molecule is C#CC(CC)(CC)NC(=O)CNC(=O)/C=C/c1ccco1. The Hall–Kier alpha value is -2.48. The van der Waals surface area contributed by atoms with Gasteiger partial charge >= 0.3 is 0 Å². The number of carbonyl (C=O) groups excluding carboxylic acids is 2. The second kappa shape index (κ2) is 7.95. The third kappa shape index (κ3) is 5.19. The van der Waals surface area contributed by atoms with Gasteiger partial charge in [0.05, 0.1) is 12.8 Å². The predicted molar refractivity (Wildman–Crippen MR) is 81.0 cm³/mol. The van der Waals surface area contributed by atoms with E-state index in [4.69, 9.17) is 10.8 Å². The fraction of sp³-hybridized carbons (Fsp3) is 0.375. The first-order valence-corrected chi connectivity index (χ1v) is 6.83. The summed E-state index contributed by atoms with van der Waals surface area (Å²) >= 11 is 0. The number of rotatable bonds is 7. The molecule has 0 unspecified atom stereocenters. The van der Waals surface area contributed by atoms with Gasteiger partial charge in [-0.3, -0.25) is 9.59 Å². The normalized spacial score (nSPS) is 11.1. The van der Waals surface area contributed by atoms with Crippen molar-refractivity contribution in [1.82, 2.24) is 10.6 Å². The molecule has 0 spiro atoms. The first-order chi connectivity index (χ1) is 10.0. The average Bonchev–Trinajstić information content (AvgIpc) is 3.02. The maximum atomic E-state index is 11.8. The number of furan rings is 1. The van der Waals surface area contributed by atoms with Crippen LogP contribution in [0.5, 0.6) is 0 Å². The smallest absolute Gasteiger partial charge is 0.244 e. The molecule has 1 rings (SSSR count). The fourth-order valence-electron chi connectivity index (χ4n) is 1.75. The van der Waals surface area contributed by atoms with Gasteiger partial charge in [-0.1, -0.05) is 19.8 Å². The lowest BCUT2D eigenvalue weighted by molar-refractivity contribution is -0.124. The van der Waals surface area contributed by atoms with Gasteiger partial charge in [0.2, 0.25) is 11.8 Å². The van der Waals surface area contributed by atoms with Crippen LogP contribution in [-0.2, 0) is 9.59 Å². The van der Waals surface area contributed by atoms with Crippen molar-refractivity contribution >= 4 is 17.9 Å². The van der Waals surface area contributed by atoms with E-state index in [2.05, 4.69) is 16.6 Å². The van der Waals surface area contributed by atoms with Crippen LogP contribution < -0.4 is 10.6 Å². The summed E-state index contributed by atoms with van der Waals surface area (Å²) in [6.45, 7) is 3.70. The summed E-state index contributed by atoms with van der Waals surface area (Å²) in [4.78, 5) is 23.4. The molecule has 0 saturated heterocycles. The molecule has 1 aromatic rings. The van der Waals surface area contributed by atoms with Crippen molar-refractivity contribution < 1.29 is 14.0 Å². The molecule has 2 amide bonds. The molecule has 0 aromatic carbocycles. The molecule has 112 valence electrons. The van der Waals surface area contributed by atoms with Crippen LogP contribution in [0.15, 0.2) is 28.9 Å². The molecular weight excluding hydrogens is 268 g/mol. The van der Waals surface area contributed by atoms with Gasteiger partial charge in [-0.05, 0) is 31.1 Å². The number of hydrogen-bond donors (Lipinski definition) is 2. The van der Waals surface area contributed by atoms with E-state index in [9.17, 15) is 9.59 Å². The molecule has 0 fully saturated rings. The first-order valence-electron chi connectivity index (χ1n) is 6.83. The van der Waals surface area contributed by atoms with Gasteiger partial charge in [0.25, 0.3) is 0 Å². The van der Waals surface area contributed by atoms with Crippen molar-refractivity contribution in [2.75, 3.05) is 6.54 Å². The number of hydrogen-bond acceptors (Lipinski definition) is 3. The van der Waals surface area contributed by atoms with Crippen LogP contribution in [-0.4, -0.2) is 23.9 Å². The summed E-state index contributed by atoms with van der Waals surface area (Å²) in [7, 11) is 0. The Labute approximate surface area is 124 Å². The Morgan fingerprint density at radius 3 is 2.67 bits per heavy atom. The Bertz CT molecular complexity index is 534. The van der Waals surface area contributed by atoms with E-state index in [0.717, 1.165) is 0 Å². The number of nitrogens with one attached hydrogen (secondary N) is 2. The summed E-state index contributed by atoms with van der Waals surface area (Å²) in [5, 5.41) is 5.26. The molecule has 2 N–H and O–H groups in total. The van der Waals surface area contributed by atoms with Gasteiger partial charge in [0.1, 0.15) is 11.3 Å². The molecule has 0 atom stereocenters. The van der Waals surface area contributed by atoms with E-state index < -0.39 is 5.54 Å². The molecule has 21 heavy (non-hydrogen) atoms. The Balaban J connectivity index is 2.42. The standard InChI is InChI=1S/C16H20N2O3/c1-4-16(5-2,6-3)18-15(20)12-17-14(19)10-9-13-8-7-11-21-13/h1,7-11H,5-6,12H2,2-3H3,(H,17,19)(H,18,20)/b10-9+. The molecule has 0 aliphatic heterocycles. The minimum absolute atomic E-state index is 0.120. The van der Waals surface area contributed by atoms with Crippen molar-refractivity contribution in [3.8, 4) is 12.3 Å². The molecular formula is C16H20N2O3. The molecule has 0 aliphatic carbocycles. The lowest BCUT2D eigenvalue weighted by Gasteiger charge is -2.27. The quantitative estimate of drug-likeness (QED) is 0.593. The highest BCUT2D eigenvalue weighted by molar-refractivity contribution is 5.94. The lowest BCUT2D eigenvalue weighted by Crippen LogP contribution is -2.49. The molecule has 1 aromatic heterocycles. The van der Waals surface area contributed by atoms with E-state index in [1.165, 1.54) is 18.4 Å². The Morgan fingerprint density at radius 1 is 1.43 bits per heavy atom. The van der Waals surface area contributed by atoms with E-state index in [1.807, 2.05) is 13.8 Å². The van der Waals surface area contributed by atoms with Crippen LogP contribution >= 0.6 is 0 Å². The van der Waals surface area contributed by atoms with Crippen molar-refractivity contribution in [3.05, 3.63) is 30.2 Å². The molecule has 0 aliphatic rings. The molecule has 5 nitrogen and oxygen atoms in total. The molecule has 5 heteroatoms. The van der Waals surface area contributed by atoms with Crippen molar-refractivity contribution in [2.45, 2.75) is 32.2 Å². The third-order valence-corrected chi connectivity index (χ3v) is 3.23. The molecule has 0 bridgehead atoms. The van der Waals surface area contributed by atoms with Gasteiger partial charge in [-0.15, -0.1) is 6.42 Å². The first kappa shape index (κ1) is 16.6. The van der Waals surface area contributed by atoms with Gasteiger partial charge in [-0.25, -0.2) is 0 Å². The number of carbonyl (C=O) groups is 2. The second-order valence-electron chi connectivity index (χ2n) is 4.55. The highest BCUT2D eigenvalue weighted by Gasteiger charge is 2.24. The molecule has 0 saturated carbocycles. The Morgan fingerprint density at radius 2 is 2.14 bits per heavy atom. The van der Waals surface area contributed by atoms with Crippen LogP contribution in [0, 0.1) is 12.3 Å². The third-order valence-electron chi connectivity index (χ3n) is 3.23. The summed E-state index contributed by atoms with van der Waals surface area (Å²) < 4.78 is 5.05. The lowest BCUT2D eigenvalue weighted by atomic mass is 9.94. The zero-order chi connectivity index (χ0) is 15.7. The van der Waals surface area contributed by atoms with E-state index in [0.29, 0.717) is 18.6 Å². The van der Waals surface area contributed by atoms with Crippen LogP contribution in [0.3, 0.4) is 0 Å². The van der Waals surface area contributed by atoms with Gasteiger partial charge in [-0.2, -0.15) is 0 Å². The summed E-state index contributed by atoms with van der Waals surface area (Å²) in [5.74, 6) is 2.49. The topological polar surface area (TPSA) is 71.3 Å². The highest BCUT2D eigenvalue weighted by Crippen LogP contribution is 2.12. The maximum absolute atomic E-state index is 11.8. The van der Waals surface area contributed by atoms with Crippen LogP contribution in [0.25, 0.3) is 6.08 Å². The summed E-state index contributed by atoms with van der Waals surface area (Å²) in [6.07, 6.45) is 11.1. The number of terminal acetylenes is 1. The zero-order valence-electron chi connectivity index (χ0n) is 12.3. The average molecular weight is 288 g/mol. The zero-order valence-corrected chi connectivity index (χ0v) is 12.3. The van der Waals surface area contributed by atoms with Crippen LogP contribution in [0.2, 0.25) is 0 Å². The largest absolute Gasteiger partial charge is 0.465 e. The van der Waals surface area contributed by atoms with Gasteiger partial charge < -0.3 is 15.1 Å². The van der Waals surface area contributed by atoms with Crippen molar-refractivity contribution in [3.63, 3.8) is 0 Å². The van der Waals surface area contributed by atoms with E-state index >= 15 is 0 Å². The Kier molecular flexibility index (Phi) is 6.28. The minimum atomic E-state index is -0.647.